The van der Waals surface area contributed by atoms with E-state index in [2.05, 4.69) is 11.4 Å². The average Bonchev–Trinajstić information content (AvgIpc) is 2.93. The summed E-state index contributed by atoms with van der Waals surface area (Å²) in [5.74, 6) is 0.172. The molecule has 100 valence electrons. The van der Waals surface area contributed by atoms with Crippen LogP contribution in [0, 0.1) is 11.3 Å². The Hall–Kier alpha value is -1.73. The van der Waals surface area contributed by atoms with Crippen LogP contribution in [0.4, 0.5) is 5.69 Å². The van der Waals surface area contributed by atoms with Crippen LogP contribution in [0.1, 0.15) is 24.8 Å². The fraction of sp³-hybridized carbons (Fsp3) is 0.429. The third-order valence-corrected chi connectivity index (χ3v) is 3.55. The molecule has 4 nitrogen and oxygen atoms in total. The summed E-state index contributed by atoms with van der Waals surface area (Å²) in [7, 11) is 0. The lowest BCUT2D eigenvalue weighted by atomic mass is 10.2. The number of nitrogens with zero attached hydrogens (tertiary/aromatic N) is 2. The number of likely N-dealkylation sites (tertiary alicyclic amines) is 1. The van der Waals surface area contributed by atoms with E-state index in [0.29, 0.717) is 29.2 Å². The second kappa shape index (κ2) is 6.44. The van der Waals surface area contributed by atoms with Gasteiger partial charge in [0.25, 0.3) is 0 Å². The van der Waals surface area contributed by atoms with Crippen molar-refractivity contribution in [1.82, 2.24) is 4.90 Å². The molecular formula is C14H16ClN3O. The highest BCUT2D eigenvalue weighted by atomic mass is 35.5. The van der Waals surface area contributed by atoms with Crippen molar-refractivity contribution in [3.63, 3.8) is 0 Å². The Morgan fingerprint density at radius 3 is 2.84 bits per heavy atom. The van der Waals surface area contributed by atoms with E-state index in [1.54, 1.807) is 18.2 Å². The predicted octanol–water partition coefficient (Wildman–Crippen LogP) is 2.64. The zero-order valence-corrected chi connectivity index (χ0v) is 11.4. The summed E-state index contributed by atoms with van der Waals surface area (Å²) in [6.07, 6.45) is 2.65. The Kier molecular flexibility index (Phi) is 4.64. The summed E-state index contributed by atoms with van der Waals surface area (Å²) in [4.78, 5) is 13.7. The number of nitrogens with one attached hydrogen (secondary N) is 1. The SMILES string of the molecule is N#Cc1c(Cl)cccc1NCCC(=O)N1CCCC1. The lowest BCUT2D eigenvalue weighted by Gasteiger charge is -2.15. The third kappa shape index (κ3) is 3.39. The standard InChI is InChI=1S/C14H16ClN3O/c15-12-4-3-5-13(11(12)10-16)17-7-6-14(19)18-8-1-2-9-18/h3-5,17H,1-2,6-9H2. The number of benzene rings is 1. The van der Waals surface area contributed by atoms with Crippen molar-refractivity contribution in [2.24, 2.45) is 0 Å². The van der Waals surface area contributed by atoms with E-state index in [1.807, 2.05) is 4.90 Å². The highest BCUT2D eigenvalue weighted by molar-refractivity contribution is 6.32. The van der Waals surface area contributed by atoms with Crippen molar-refractivity contribution in [2.45, 2.75) is 19.3 Å². The number of amides is 1. The minimum Gasteiger partial charge on any atom is -0.383 e. The summed E-state index contributed by atoms with van der Waals surface area (Å²) < 4.78 is 0. The zero-order chi connectivity index (χ0) is 13.7. The van der Waals surface area contributed by atoms with E-state index in [1.165, 1.54) is 0 Å². The van der Waals surface area contributed by atoms with Gasteiger partial charge in [-0.2, -0.15) is 5.26 Å². The molecule has 5 heteroatoms. The van der Waals surface area contributed by atoms with Gasteiger partial charge in [-0.15, -0.1) is 0 Å². The Balaban J connectivity index is 1.87. The molecule has 0 atom stereocenters. The van der Waals surface area contributed by atoms with Gasteiger partial charge >= 0.3 is 0 Å². The lowest BCUT2D eigenvalue weighted by Crippen LogP contribution is -2.29. The Morgan fingerprint density at radius 1 is 1.42 bits per heavy atom. The molecule has 1 fully saturated rings. The maximum absolute atomic E-state index is 11.9. The van der Waals surface area contributed by atoms with Crippen molar-refractivity contribution < 1.29 is 4.79 Å². The number of anilines is 1. The van der Waals surface area contributed by atoms with Crippen molar-refractivity contribution in [3.8, 4) is 6.07 Å². The molecule has 0 spiro atoms. The number of carbonyl (C=O) groups excluding carboxylic acids is 1. The molecule has 2 rings (SSSR count). The first-order valence-electron chi connectivity index (χ1n) is 6.42. The molecule has 1 aliphatic rings. The molecule has 1 amide bonds. The third-order valence-electron chi connectivity index (χ3n) is 3.24. The van der Waals surface area contributed by atoms with Gasteiger partial charge in [0.2, 0.25) is 5.91 Å². The highest BCUT2D eigenvalue weighted by Crippen LogP contribution is 2.23. The Labute approximate surface area is 118 Å². The van der Waals surface area contributed by atoms with E-state index in [9.17, 15) is 4.79 Å². The van der Waals surface area contributed by atoms with Crippen LogP contribution in [0.15, 0.2) is 18.2 Å². The van der Waals surface area contributed by atoms with Crippen LogP contribution >= 0.6 is 11.6 Å². The fourth-order valence-electron chi connectivity index (χ4n) is 2.21. The molecule has 19 heavy (non-hydrogen) atoms. The van der Waals surface area contributed by atoms with Gasteiger partial charge in [-0.05, 0) is 25.0 Å². The molecule has 1 aromatic carbocycles. The molecule has 1 aromatic rings. The second-order valence-electron chi connectivity index (χ2n) is 4.54. The van der Waals surface area contributed by atoms with Crippen LogP contribution in [0.3, 0.4) is 0 Å². The number of nitriles is 1. The minimum atomic E-state index is 0.172. The monoisotopic (exact) mass is 277 g/mol. The van der Waals surface area contributed by atoms with Gasteiger partial charge in [0.1, 0.15) is 6.07 Å². The average molecular weight is 278 g/mol. The first kappa shape index (κ1) is 13.7. The smallest absolute Gasteiger partial charge is 0.224 e. The summed E-state index contributed by atoms with van der Waals surface area (Å²) >= 11 is 5.94. The largest absolute Gasteiger partial charge is 0.383 e. The van der Waals surface area contributed by atoms with Gasteiger partial charge in [-0.25, -0.2) is 0 Å². The first-order chi connectivity index (χ1) is 9.22. The molecule has 0 bridgehead atoms. The van der Waals surface area contributed by atoms with E-state index in [4.69, 9.17) is 16.9 Å². The molecule has 0 aliphatic carbocycles. The van der Waals surface area contributed by atoms with Crippen LogP contribution < -0.4 is 5.32 Å². The minimum absolute atomic E-state index is 0.172. The molecule has 0 saturated carbocycles. The summed E-state index contributed by atoms with van der Waals surface area (Å²) in [5.41, 5.74) is 1.11. The number of rotatable bonds is 4. The Bertz CT molecular complexity index is 504. The van der Waals surface area contributed by atoms with Gasteiger partial charge in [0, 0.05) is 26.1 Å². The van der Waals surface area contributed by atoms with Crippen LogP contribution in [0.25, 0.3) is 0 Å². The summed E-state index contributed by atoms with van der Waals surface area (Å²) in [6.45, 7) is 2.27. The fourth-order valence-corrected chi connectivity index (χ4v) is 2.43. The maximum Gasteiger partial charge on any atom is 0.224 e. The maximum atomic E-state index is 11.9. The molecule has 1 aliphatic heterocycles. The summed E-state index contributed by atoms with van der Waals surface area (Å²) in [6, 6.07) is 7.33. The molecule has 0 unspecified atom stereocenters. The van der Waals surface area contributed by atoms with E-state index < -0.39 is 0 Å². The molecule has 1 N–H and O–H groups in total. The number of hydrogen-bond acceptors (Lipinski definition) is 3. The second-order valence-corrected chi connectivity index (χ2v) is 4.95. The quantitative estimate of drug-likeness (QED) is 0.920. The van der Waals surface area contributed by atoms with Gasteiger partial charge < -0.3 is 10.2 Å². The topological polar surface area (TPSA) is 56.1 Å². The van der Waals surface area contributed by atoms with E-state index in [-0.39, 0.29) is 5.91 Å². The van der Waals surface area contributed by atoms with Crippen molar-refractivity contribution in [1.29, 1.82) is 5.26 Å². The van der Waals surface area contributed by atoms with E-state index in [0.717, 1.165) is 25.9 Å². The molecule has 1 saturated heterocycles. The van der Waals surface area contributed by atoms with Crippen LogP contribution in [0.5, 0.6) is 0 Å². The number of hydrogen-bond donors (Lipinski definition) is 1. The normalized spacial score (nSPS) is 14.2. The van der Waals surface area contributed by atoms with Crippen molar-refractivity contribution in [2.75, 3.05) is 25.0 Å². The van der Waals surface area contributed by atoms with Gasteiger partial charge in [0.05, 0.1) is 16.3 Å². The molecule has 0 aromatic heterocycles. The van der Waals surface area contributed by atoms with Crippen molar-refractivity contribution in [3.05, 3.63) is 28.8 Å². The van der Waals surface area contributed by atoms with Gasteiger partial charge in [-0.3, -0.25) is 4.79 Å². The van der Waals surface area contributed by atoms with Crippen LogP contribution in [-0.2, 0) is 4.79 Å². The molecule has 0 radical (unpaired) electrons. The number of halogens is 1. The number of carbonyl (C=O) groups is 1. The van der Waals surface area contributed by atoms with Gasteiger partial charge in [0.15, 0.2) is 0 Å². The molecular weight excluding hydrogens is 262 g/mol. The van der Waals surface area contributed by atoms with Gasteiger partial charge in [-0.1, -0.05) is 17.7 Å². The van der Waals surface area contributed by atoms with Crippen molar-refractivity contribution >= 4 is 23.2 Å². The van der Waals surface area contributed by atoms with E-state index >= 15 is 0 Å². The van der Waals surface area contributed by atoms with Crippen LogP contribution in [0.2, 0.25) is 5.02 Å². The zero-order valence-electron chi connectivity index (χ0n) is 10.7. The summed E-state index contributed by atoms with van der Waals surface area (Å²) in [5, 5.41) is 12.6. The lowest BCUT2D eigenvalue weighted by molar-refractivity contribution is -0.129. The predicted molar refractivity (Wildman–Crippen MR) is 75.1 cm³/mol. The molecule has 1 heterocycles. The Morgan fingerprint density at radius 2 is 2.16 bits per heavy atom. The highest BCUT2D eigenvalue weighted by Gasteiger charge is 2.17. The first-order valence-corrected chi connectivity index (χ1v) is 6.80. The van der Waals surface area contributed by atoms with Crippen LogP contribution in [-0.4, -0.2) is 30.4 Å².